The van der Waals surface area contributed by atoms with Crippen LogP contribution in [0.1, 0.15) is 142 Å². The number of carbonyl (C=O) groups excluding carboxylic acids is 1. The number of carbonyl (C=O) groups is 1. The highest BCUT2D eigenvalue weighted by molar-refractivity contribution is 5.76. The van der Waals surface area contributed by atoms with Crippen LogP contribution in [0.5, 0.6) is 0 Å². The minimum absolute atomic E-state index is 0.220. The summed E-state index contributed by atoms with van der Waals surface area (Å²) in [5.74, 6) is -0.304. The minimum atomic E-state index is -1.98. The number of aliphatic hydroxyl groups excluding tert-OH is 11. The Labute approximate surface area is 421 Å². The summed E-state index contributed by atoms with van der Waals surface area (Å²) < 4.78 is 34.1. The van der Waals surface area contributed by atoms with E-state index in [4.69, 9.17) is 28.4 Å². The van der Waals surface area contributed by atoms with E-state index in [1.54, 1.807) is 6.08 Å². The SMILES string of the molecule is CCCCC/C=C/CC/C=C/CC/C=C/C(O)C(COC1OC(CO)C(OC2OC(CO)C(OC3OC(CO)C(O)C(O)C3O)C(O)C2O)C(O)C1O)NC(=O)CCCCCCC/C=C\CCCCCC. The fourth-order valence-electron chi connectivity index (χ4n) is 8.63. The van der Waals surface area contributed by atoms with E-state index >= 15 is 0 Å². The van der Waals surface area contributed by atoms with Gasteiger partial charge in [-0.3, -0.25) is 4.79 Å². The molecule has 0 aromatic carbocycles. The highest BCUT2D eigenvalue weighted by Crippen LogP contribution is 2.33. The highest BCUT2D eigenvalue weighted by atomic mass is 16.8. The molecule has 0 aromatic heterocycles. The molecule has 0 spiro atoms. The monoisotopic (exact) mass is 1020 g/mol. The molecule has 0 aromatic rings. The number of aliphatic hydroxyl groups is 11. The quantitative estimate of drug-likeness (QED) is 0.0317. The van der Waals surface area contributed by atoms with Gasteiger partial charge < -0.3 is 89.9 Å². The molecule has 3 aliphatic heterocycles. The third-order valence-corrected chi connectivity index (χ3v) is 13.1. The molecular formula is C52H91NO18. The second kappa shape index (κ2) is 36.7. The lowest BCUT2D eigenvalue weighted by molar-refractivity contribution is -0.379. The molecular weight excluding hydrogens is 927 g/mol. The molecule has 3 rings (SSSR count). The van der Waals surface area contributed by atoms with Gasteiger partial charge in [-0.25, -0.2) is 0 Å². The molecule has 0 aliphatic carbocycles. The Kier molecular flexibility index (Phi) is 32.5. The maximum absolute atomic E-state index is 13.2. The Morgan fingerprint density at radius 2 is 0.901 bits per heavy atom. The first-order valence-electron chi connectivity index (χ1n) is 26.4. The van der Waals surface area contributed by atoms with Crippen molar-refractivity contribution in [3.63, 3.8) is 0 Å². The third-order valence-electron chi connectivity index (χ3n) is 13.1. The normalized spacial score (nSPS) is 32.7. The Hall–Kier alpha value is -2.25. The lowest BCUT2D eigenvalue weighted by atomic mass is 9.96. The van der Waals surface area contributed by atoms with Gasteiger partial charge >= 0.3 is 0 Å². The Morgan fingerprint density at radius 3 is 1.44 bits per heavy atom. The molecule has 3 aliphatic rings. The number of rotatable bonds is 36. The van der Waals surface area contributed by atoms with Gasteiger partial charge in [0.2, 0.25) is 5.91 Å². The zero-order valence-electron chi connectivity index (χ0n) is 42.2. The first kappa shape index (κ1) is 63.0. The number of unbranched alkanes of at least 4 members (excludes halogenated alkanes) is 14. The van der Waals surface area contributed by atoms with E-state index in [2.05, 4.69) is 55.6 Å². The number of hydrogen-bond donors (Lipinski definition) is 12. The summed E-state index contributed by atoms with van der Waals surface area (Å²) in [6, 6.07) is -0.998. The van der Waals surface area contributed by atoms with Gasteiger partial charge in [-0.15, -0.1) is 0 Å². The van der Waals surface area contributed by atoms with E-state index in [1.807, 2.05) is 6.08 Å². The molecule has 412 valence electrons. The number of nitrogens with one attached hydrogen (secondary N) is 1. The summed E-state index contributed by atoms with van der Waals surface area (Å²) in [5, 5.41) is 120. The fourth-order valence-corrected chi connectivity index (χ4v) is 8.63. The van der Waals surface area contributed by atoms with E-state index in [1.165, 1.54) is 44.9 Å². The molecule has 3 heterocycles. The van der Waals surface area contributed by atoms with Crippen LogP contribution in [0.4, 0.5) is 0 Å². The molecule has 3 fully saturated rings. The maximum atomic E-state index is 13.2. The third kappa shape index (κ3) is 22.2. The van der Waals surface area contributed by atoms with Gasteiger partial charge in [0, 0.05) is 6.42 Å². The van der Waals surface area contributed by atoms with Gasteiger partial charge in [-0.1, -0.05) is 114 Å². The first-order chi connectivity index (χ1) is 34.3. The summed E-state index contributed by atoms with van der Waals surface area (Å²) >= 11 is 0. The first-order valence-corrected chi connectivity index (χ1v) is 26.4. The molecule has 19 heteroatoms. The maximum Gasteiger partial charge on any atom is 0.220 e. The summed E-state index contributed by atoms with van der Waals surface area (Å²) in [6.07, 6.45) is 9.72. The molecule has 1 amide bonds. The lowest BCUT2D eigenvalue weighted by Crippen LogP contribution is -2.66. The number of hydrogen-bond acceptors (Lipinski definition) is 18. The fraction of sp³-hybridized carbons (Fsp3) is 0.827. The minimum Gasteiger partial charge on any atom is -0.394 e. The van der Waals surface area contributed by atoms with Gasteiger partial charge in [0.1, 0.15) is 73.2 Å². The molecule has 3 saturated heterocycles. The lowest BCUT2D eigenvalue weighted by Gasteiger charge is -2.48. The zero-order valence-corrected chi connectivity index (χ0v) is 42.2. The summed E-state index contributed by atoms with van der Waals surface area (Å²) in [7, 11) is 0. The van der Waals surface area contributed by atoms with Gasteiger partial charge in [0.25, 0.3) is 0 Å². The van der Waals surface area contributed by atoms with Gasteiger partial charge in [0.05, 0.1) is 38.6 Å². The zero-order chi connectivity index (χ0) is 52.0. The van der Waals surface area contributed by atoms with Crippen LogP contribution in [-0.4, -0.2) is 193 Å². The van der Waals surface area contributed by atoms with Crippen molar-refractivity contribution < 1.29 is 89.4 Å². The van der Waals surface area contributed by atoms with Crippen molar-refractivity contribution in [3.05, 3.63) is 48.6 Å². The average Bonchev–Trinajstić information content (AvgIpc) is 3.36. The average molecular weight is 1020 g/mol. The Balaban J connectivity index is 1.58. The predicted molar refractivity (Wildman–Crippen MR) is 263 cm³/mol. The van der Waals surface area contributed by atoms with E-state index < -0.39 is 124 Å². The standard InChI is InChI=1S/C52H91NO18/c1-3-5-7-9-11-13-15-17-19-21-23-25-27-29-36(57)35(53-40(58)30-28-26-24-22-20-18-16-14-12-10-8-6-4-2)34-66-50-46(64)43(61)48(38(32-55)68-50)71-52-47(65)44(62)49(39(33-56)69-52)70-51-45(63)42(60)41(59)37(31-54)67-51/h11,13-14,16,19,21,27,29,35-39,41-52,54-57,59-65H,3-10,12,15,17-18,20,22-26,28,30-34H2,1-2H3,(H,53,58)/b13-11+,16-14-,21-19+,29-27+. The van der Waals surface area contributed by atoms with Crippen LogP contribution >= 0.6 is 0 Å². The van der Waals surface area contributed by atoms with Crippen molar-refractivity contribution >= 4 is 5.91 Å². The van der Waals surface area contributed by atoms with Crippen molar-refractivity contribution in [2.45, 2.75) is 247 Å². The van der Waals surface area contributed by atoms with Crippen LogP contribution in [0.3, 0.4) is 0 Å². The van der Waals surface area contributed by atoms with Crippen LogP contribution in [0.2, 0.25) is 0 Å². The smallest absolute Gasteiger partial charge is 0.220 e. The second-order valence-electron chi connectivity index (χ2n) is 19.0. The molecule has 19 nitrogen and oxygen atoms in total. The Morgan fingerprint density at radius 1 is 0.493 bits per heavy atom. The topological polar surface area (TPSA) is 307 Å². The van der Waals surface area contributed by atoms with Crippen LogP contribution in [0.15, 0.2) is 48.6 Å². The van der Waals surface area contributed by atoms with E-state index in [-0.39, 0.29) is 18.9 Å². The molecule has 0 bridgehead atoms. The molecule has 17 unspecified atom stereocenters. The second-order valence-corrected chi connectivity index (χ2v) is 19.0. The summed E-state index contributed by atoms with van der Waals surface area (Å²) in [6.45, 7) is 1.59. The van der Waals surface area contributed by atoms with Crippen molar-refractivity contribution in [2.24, 2.45) is 0 Å². The van der Waals surface area contributed by atoms with Gasteiger partial charge in [-0.2, -0.15) is 0 Å². The molecule has 71 heavy (non-hydrogen) atoms. The highest BCUT2D eigenvalue weighted by Gasteiger charge is 2.53. The molecule has 0 saturated carbocycles. The van der Waals surface area contributed by atoms with E-state index in [0.717, 1.165) is 64.2 Å². The van der Waals surface area contributed by atoms with Crippen molar-refractivity contribution in [2.75, 3.05) is 26.4 Å². The number of ether oxygens (including phenoxy) is 6. The van der Waals surface area contributed by atoms with Crippen LogP contribution < -0.4 is 5.32 Å². The molecule has 12 N–H and O–H groups in total. The van der Waals surface area contributed by atoms with E-state index in [0.29, 0.717) is 12.8 Å². The summed E-state index contributed by atoms with van der Waals surface area (Å²) in [5.41, 5.74) is 0. The number of amides is 1. The predicted octanol–water partition coefficient (Wildman–Crippen LogP) is 2.36. The van der Waals surface area contributed by atoms with Crippen molar-refractivity contribution in [1.82, 2.24) is 5.32 Å². The summed E-state index contributed by atoms with van der Waals surface area (Å²) in [4.78, 5) is 13.2. The number of allylic oxidation sites excluding steroid dienone is 7. The molecule has 17 atom stereocenters. The Bertz CT molecular complexity index is 1500. The largest absolute Gasteiger partial charge is 0.394 e. The van der Waals surface area contributed by atoms with E-state index in [9.17, 15) is 61.0 Å². The van der Waals surface area contributed by atoms with Crippen LogP contribution in [-0.2, 0) is 33.2 Å². The van der Waals surface area contributed by atoms with Crippen molar-refractivity contribution in [3.8, 4) is 0 Å². The van der Waals surface area contributed by atoms with Crippen LogP contribution in [0.25, 0.3) is 0 Å². The van der Waals surface area contributed by atoms with Gasteiger partial charge in [0.15, 0.2) is 18.9 Å². The molecule has 0 radical (unpaired) electrons. The van der Waals surface area contributed by atoms with Crippen LogP contribution in [0, 0.1) is 0 Å². The van der Waals surface area contributed by atoms with Crippen molar-refractivity contribution in [1.29, 1.82) is 0 Å². The van der Waals surface area contributed by atoms with Gasteiger partial charge in [-0.05, 0) is 70.6 Å².